The Balaban J connectivity index is 2.60. The van der Waals surface area contributed by atoms with Crippen molar-refractivity contribution in [3.05, 3.63) is 16.0 Å². The molecule has 8 heteroatoms. The average molecular weight is 261 g/mol. The van der Waals surface area contributed by atoms with Gasteiger partial charge in [0.15, 0.2) is 5.13 Å². The van der Waals surface area contributed by atoms with Gasteiger partial charge in [0, 0.05) is 11.1 Å². The van der Waals surface area contributed by atoms with Gasteiger partial charge < -0.3 is 10.5 Å². The van der Waals surface area contributed by atoms with Crippen LogP contribution in [-0.2, 0) is 9.53 Å². The predicted octanol–water partition coefficient (Wildman–Crippen LogP) is 1.44. The number of thiazole rings is 1. The van der Waals surface area contributed by atoms with Crippen molar-refractivity contribution in [1.82, 2.24) is 4.98 Å². The topological polar surface area (TPSA) is 94.6 Å². The van der Waals surface area contributed by atoms with Crippen molar-refractivity contribution in [1.29, 1.82) is 0 Å². The Bertz CT molecular complexity index is 369. The fourth-order valence-electron chi connectivity index (χ4n) is 0.949. The van der Waals surface area contributed by atoms with Gasteiger partial charge in [0.25, 0.3) is 0 Å². The SMILES string of the molecule is CSCCOC(=O)C(N=O)c1csc(N)n1. The van der Waals surface area contributed by atoms with Crippen LogP contribution in [0, 0.1) is 4.91 Å². The Hall–Kier alpha value is -1.15. The van der Waals surface area contributed by atoms with Crippen LogP contribution in [0.3, 0.4) is 0 Å². The predicted molar refractivity (Wildman–Crippen MR) is 64.4 cm³/mol. The van der Waals surface area contributed by atoms with E-state index in [-0.39, 0.29) is 12.3 Å². The minimum Gasteiger partial charge on any atom is -0.463 e. The second kappa shape index (κ2) is 6.44. The Morgan fingerprint density at radius 2 is 2.56 bits per heavy atom. The molecule has 0 aromatic carbocycles. The van der Waals surface area contributed by atoms with Gasteiger partial charge in [0.1, 0.15) is 6.61 Å². The summed E-state index contributed by atoms with van der Waals surface area (Å²) in [4.78, 5) is 25.8. The quantitative estimate of drug-likeness (QED) is 0.473. The lowest BCUT2D eigenvalue weighted by atomic mass is 10.2. The van der Waals surface area contributed by atoms with Crippen LogP contribution in [0.25, 0.3) is 0 Å². The van der Waals surface area contributed by atoms with Crippen molar-refractivity contribution in [3.8, 4) is 0 Å². The number of nitroso groups, excluding NO2 is 1. The van der Waals surface area contributed by atoms with Gasteiger partial charge in [-0.05, 0) is 11.4 Å². The van der Waals surface area contributed by atoms with Crippen molar-refractivity contribution in [2.24, 2.45) is 5.18 Å². The summed E-state index contributed by atoms with van der Waals surface area (Å²) in [6, 6.07) is -1.21. The molecule has 0 bridgehead atoms. The van der Waals surface area contributed by atoms with Crippen LogP contribution in [0.15, 0.2) is 10.6 Å². The van der Waals surface area contributed by atoms with Crippen LogP contribution < -0.4 is 5.73 Å². The van der Waals surface area contributed by atoms with Gasteiger partial charge >= 0.3 is 5.97 Å². The molecule has 16 heavy (non-hydrogen) atoms. The maximum atomic E-state index is 11.5. The number of ether oxygens (including phenoxy) is 1. The van der Waals surface area contributed by atoms with E-state index in [1.54, 1.807) is 11.8 Å². The first-order valence-corrected chi connectivity index (χ1v) is 6.65. The van der Waals surface area contributed by atoms with Gasteiger partial charge in [0.2, 0.25) is 6.04 Å². The molecule has 0 amide bonds. The minimum absolute atomic E-state index is 0.242. The zero-order chi connectivity index (χ0) is 12.0. The Morgan fingerprint density at radius 1 is 1.81 bits per heavy atom. The third-order valence-electron chi connectivity index (χ3n) is 1.68. The number of thioether (sulfide) groups is 1. The third kappa shape index (κ3) is 3.46. The molecule has 0 aliphatic heterocycles. The first-order chi connectivity index (χ1) is 7.69. The molecule has 0 aliphatic rings. The number of hydrogen-bond donors (Lipinski definition) is 1. The van der Waals surface area contributed by atoms with E-state index in [0.717, 1.165) is 11.3 Å². The molecule has 0 spiro atoms. The highest BCUT2D eigenvalue weighted by Gasteiger charge is 2.25. The molecule has 1 unspecified atom stereocenters. The molecule has 0 radical (unpaired) electrons. The number of aromatic nitrogens is 1. The van der Waals surface area contributed by atoms with Crippen molar-refractivity contribution >= 4 is 34.2 Å². The molecule has 0 saturated carbocycles. The standard InChI is InChI=1S/C8H11N3O3S2/c1-15-3-2-14-7(12)6(11-13)5-4-16-8(9)10-5/h4,6H,2-3H2,1H3,(H2,9,10). The number of hydrogen-bond acceptors (Lipinski definition) is 8. The van der Waals surface area contributed by atoms with Gasteiger partial charge in [0.05, 0.1) is 5.69 Å². The van der Waals surface area contributed by atoms with E-state index >= 15 is 0 Å². The smallest absolute Gasteiger partial charge is 0.340 e. The molecule has 1 aromatic rings. The highest BCUT2D eigenvalue weighted by molar-refractivity contribution is 7.98. The molecule has 1 aromatic heterocycles. The second-order valence-corrected chi connectivity index (χ2v) is 4.65. The maximum absolute atomic E-state index is 11.5. The first-order valence-electron chi connectivity index (χ1n) is 4.38. The van der Waals surface area contributed by atoms with Crippen LogP contribution in [0.5, 0.6) is 0 Å². The summed E-state index contributed by atoms with van der Waals surface area (Å²) in [7, 11) is 0. The molecule has 0 aliphatic carbocycles. The highest BCUT2D eigenvalue weighted by atomic mass is 32.2. The van der Waals surface area contributed by atoms with Crippen LogP contribution in [0.2, 0.25) is 0 Å². The molecule has 0 saturated heterocycles. The highest BCUT2D eigenvalue weighted by Crippen LogP contribution is 2.22. The van der Waals surface area contributed by atoms with E-state index in [1.807, 2.05) is 6.26 Å². The number of rotatable bonds is 6. The lowest BCUT2D eigenvalue weighted by molar-refractivity contribution is -0.144. The normalized spacial score (nSPS) is 12.1. The van der Waals surface area contributed by atoms with Gasteiger partial charge in [-0.1, -0.05) is 0 Å². The number of anilines is 1. The van der Waals surface area contributed by atoms with E-state index in [2.05, 4.69) is 10.2 Å². The van der Waals surface area contributed by atoms with Gasteiger partial charge in [-0.2, -0.15) is 11.8 Å². The molecule has 0 fully saturated rings. The Morgan fingerprint density at radius 3 is 3.06 bits per heavy atom. The molecule has 6 nitrogen and oxygen atoms in total. The largest absolute Gasteiger partial charge is 0.463 e. The number of carbonyl (C=O) groups is 1. The van der Waals surface area contributed by atoms with Crippen LogP contribution in [0.4, 0.5) is 5.13 Å². The second-order valence-electron chi connectivity index (χ2n) is 2.78. The van der Waals surface area contributed by atoms with E-state index < -0.39 is 12.0 Å². The Labute approximate surface area is 101 Å². The number of esters is 1. The lowest BCUT2D eigenvalue weighted by Gasteiger charge is -2.06. The molecule has 1 atom stereocenters. The van der Waals surface area contributed by atoms with E-state index in [0.29, 0.717) is 10.9 Å². The summed E-state index contributed by atoms with van der Waals surface area (Å²) >= 11 is 2.69. The van der Waals surface area contributed by atoms with E-state index in [9.17, 15) is 9.70 Å². The third-order valence-corrected chi connectivity index (χ3v) is 2.95. The summed E-state index contributed by atoms with van der Waals surface area (Å²) in [6.45, 7) is 0.256. The minimum atomic E-state index is -1.21. The van der Waals surface area contributed by atoms with Crippen LogP contribution in [-0.4, -0.2) is 29.6 Å². The summed E-state index contributed by atoms with van der Waals surface area (Å²) in [5.41, 5.74) is 5.64. The van der Waals surface area contributed by atoms with Gasteiger partial charge in [-0.3, -0.25) is 0 Å². The summed E-state index contributed by atoms with van der Waals surface area (Å²) < 4.78 is 4.87. The first kappa shape index (κ1) is 12.9. The lowest BCUT2D eigenvalue weighted by Crippen LogP contribution is -2.15. The number of nitrogen functional groups attached to an aromatic ring is 1. The Kier molecular flexibility index (Phi) is 5.20. The van der Waals surface area contributed by atoms with Crippen molar-refractivity contribution in [2.75, 3.05) is 24.3 Å². The van der Waals surface area contributed by atoms with Crippen LogP contribution in [0.1, 0.15) is 11.7 Å². The zero-order valence-corrected chi connectivity index (χ0v) is 10.2. The molecule has 1 heterocycles. The maximum Gasteiger partial charge on any atom is 0.340 e. The number of carbonyl (C=O) groups excluding carboxylic acids is 1. The van der Waals surface area contributed by atoms with Crippen molar-refractivity contribution in [2.45, 2.75) is 6.04 Å². The van der Waals surface area contributed by atoms with E-state index in [1.165, 1.54) is 5.38 Å². The number of nitrogens with two attached hydrogens (primary N) is 1. The monoisotopic (exact) mass is 261 g/mol. The average Bonchev–Trinajstić information content (AvgIpc) is 2.66. The molecule has 1 rings (SSSR count). The molecule has 88 valence electrons. The fourth-order valence-corrected chi connectivity index (χ4v) is 1.78. The van der Waals surface area contributed by atoms with E-state index in [4.69, 9.17) is 10.5 Å². The van der Waals surface area contributed by atoms with Gasteiger partial charge in [-0.25, -0.2) is 9.78 Å². The summed E-state index contributed by atoms with van der Waals surface area (Å²) in [5.74, 6) is -0.00868. The van der Waals surface area contributed by atoms with Gasteiger partial charge in [-0.15, -0.1) is 16.2 Å². The van der Waals surface area contributed by atoms with Crippen LogP contribution >= 0.6 is 23.1 Å². The summed E-state index contributed by atoms with van der Waals surface area (Å²) in [5, 5.41) is 4.52. The molecule has 2 N–H and O–H groups in total. The fraction of sp³-hybridized carbons (Fsp3) is 0.500. The molecular weight excluding hydrogens is 250 g/mol. The number of nitrogens with zero attached hydrogens (tertiary/aromatic N) is 2. The summed E-state index contributed by atoms with van der Waals surface area (Å²) in [6.07, 6.45) is 1.89. The van der Waals surface area contributed by atoms with Crippen molar-refractivity contribution in [3.63, 3.8) is 0 Å². The van der Waals surface area contributed by atoms with Crippen molar-refractivity contribution < 1.29 is 9.53 Å². The molecular formula is C8H11N3O3S2. The zero-order valence-electron chi connectivity index (χ0n) is 8.58.